The van der Waals surface area contributed by atoms with Crippen LogP contribution in [0.4, 0.5) is 0 Å². The molecule has 0 rings (SSSR count). The van der Waals surface area contributed by atoms with Crippen molar-refractivity contribution >= 4 is 5.97 Å². The highest BCUT2D eigenvalue weighted by Gasteiger charge is 2.19. The normalized spacial score (nSPS) is 14.3. The number of carboxylic acid groups (broad SMARTS) is 1. The molecule has 0 aromatic rings. The lowest BCUT2D eigenvalue weighted by molar-refractivity contribution is -0.143. The van der Waals surface area contributed by atoms with E-state index in [1.165, 1.54) is 0 Å². The minimum absolute atomic E-state index is 0.142. The van der Waals surface area contributed by atoms with Crippen LogP contribution in [0.2, 0.25) is 0 Å². The van der Waals surface area contributed by atoms with E-state index in [0.29, 0.717) is 6.42 Å². The average molecular weight is 174 g/mol. The molecule has 1 atom stereocenters. The first-order valence-electron chi connectivity index (χ1n) is 4.20. The Hall–Kier alpha value is -0.570. The number of carbonyl (C=O) groups is 1. The lowest BCUT2D eigenvalue weighted by Crippen LogP contribution is -2.20. The molecule has 0 spiro atoms. The van der Waals surface area contributed by atoms with Crippen molar-refractivity contribution < 1.29 is 15.0 Å². The van der Waals surface area contributed by atoms with Crippen LogP contribution in [0.3, 0.4) is 0 Å². The van der Waals surface area contributed by atoms with Crippen LogP contribution in [0.25, 0.3) is 0 Å². The van der Waals surface area contributed by atoms with Crippen LogP contribution < -0.4 is 0 Å². The van der Waals surface area contributed by atoms with Crippen LogP contribution in [0, 0.1) is 11.3 Å². The van der Waals surface area contributed by atoms with Gasteiger partial charge in [-0.05, 0) is 18.3 Å². The van der Waals surface area contributed by atoms with Gasteiger partial charge in [-0.1, -0.05) is 20.8 Å². The summed E-state index contributed by atoms with van der Waals surface area (Å²) in [6, 6.07) is 0. The van der Waals surface area contributed by atoms with Crippen molar-refractivity contribution in [3.05, 3.63) is 0 Å². The highest BCUT2D eigenvalue weighted by molar-refractivity contribution is 5.69. The van der Waals surface area contributed by atoms with Gasteiger partial charge in [0.15, 0.2) is 0 Å². The molecule has 0 saturated carbocycles. The van der Waals surface area contributed by atoms with Gasteiger partial charge in [0.1, 0.15) is 0 Å². The Morgan fingerprint density at radius 1 is 1.42 bits per heavy atom. The van der Waals surface area contributed by atoms with Crippen molar-refractivity contribution in [3.8, 4) is 0 Å². The molecular weight excluding hydrogens is 156 g/mol. The molecule has 0 bridgehead atoms. The zero-order chi connectivity index (χ0) is 9.78. The summed E-state index contributed by atoms with van der Waals surface area (Å²) >= 11 is 0. The topological polar surface area (TPSA) is 57.5 Å². The van der Waals surface area contributed by atoms with Crippen LogP contribution >= 0.6 is 0 Å². The fourth-order valence-corrected chi connectivity index (χ4v) is 0.900. The predicted molar refractivity (Wildman–Crippen MR) is 46.9 cm³/mol. The fourth-order valence-electron chi connectivity index (χ4n) is 0.900. The number of hydrogen-bond acceptors (Lipinski definition) is 2. The Morgan fingerprint density at radius 2 is 1.92 bits per heavy atom. The molecule has 0 saturated heterocycles. The Morgan fingerprint density at radius 3 is 2.17 bits per heavy atom. The summed E-state index contributed by atoms with van der Waals surface area (Å²) in [5, 5.41) is 17.3. The van der Waals surface area contributed by atoms with Crippen LogP contribution in [0.15, 0.2) is 0 Å². The molecule has 3 heteroatoms. The Bertz CT molecular complexity index is 146. The van der Waals surface area contributed by atoms with Crippen molar-refractivity contribution in [3.63, 3.8) is 0 Å². The Labute approximate surface area is 73.4 Å². The zero-order valence-electron chi connectivity index (χ0n) is 8.00. The van der Waals surface area contributed by atoms with Crippen LogP contribution in [0.1, 0.15) is 33.6 Å². The third-order valence-corrected chi connectivity index (χ3v) is 1.81. The maximum absolute atomic E-state index is 10.5. The molecule has 0 aliphatic rings. The number of carboxylic acids is 1. The van der Waals surface area contributed by atoms with E-state index >= 15 is 0 Å². The van der Waals surface area contributed by atoms with E-state index in [2.05, 4.69) is 20.8 Å². The van der Waals surface area contributed by atoms with Gasteiger partial charge in [0.2, 0.25) is 0 Å². The number of aliphatic hydroxyl groups is 1. The first-order valence-corrected chi connectivity index (χ1v) is 4.20. The molecule has 72 valence electrons. The van der Waals surface area contributed by atoms with Crippen molar-refractivity contribution in [1.82, 2.24) is 0 Å². The quantitative estimate of drug-likeness (QED) is 0.679. The molecule has 0 unspecified atom stereocenters. The third kappa shape index (κ3) is 5.13. The molecule has 0 radical (unpaired) electrons. The van der Waals surface area contributed by atoms with Gasteiger partial charge in [-0.2, -0.15) is 0 Å². The standard InChI is InChI=1S/C9H18O3/c1-9(2,3)5-4-7(6-10)8(11)12/h7,10H,4-6H2,1-3H3,(H,11,12)/t7-/m0/s1. The van der Waals surface area contributed by atoms with E-state index in [-0.39, 0.29) is 12.0 Å². The first-order chi connectivity index (χ1) is 5.37. The molecule has 0 aliphatic heterocycles. The zero-order valence-corrected chi connectivity index (χ0v) is 8.00. The third-order valence-electron chi connectivity index (χ3n) is 1.81. The predicted octanol–water partition coefficient (Wildman–Crippen LogP) is 1.51. The minimum atomic E-state index is -0.901. The summed E-state index contributed by atoms with van der Waals surface area (Å²) in [5.74, 6) is -1.49. The summed E-state index contributed by atoms with van der Waals surface area (Å²) in [7, 11) is 0. The average Bonchev–Trinajstić information content (AvgIpc) is 1.85. The smallest absolute Gasteiger partial charge is 0.308 e. The van der Waals surface area contributed by atoms with E-state index in [1.54, 1.807) is 0 Å². The van der Waals surface area contributed by atoms with E-state index < -0.39 is 11.9 Å². The highest BCUT2D eigenvalue weighted by atomic mass is 16.4. The summed E-state index contributed by atoms with van der Waals surface area (Å²) in [6.07, 6.45) is 1.37. The van der Waals surface area contributed by atoms with Crippen LogP contribution in [-0.2, 0) is 4.79 Å². The van der Waals surface area contributed by atoms with Gasteiger partial charge in [-0.25, -0.2) is 0 Å². The first kappa shape index (κ1) is 11.4. The molecule has 3 nitrogen and oxygen atoms in total. The van der Waals surface area contributed by atoms with Crippen molar-refractivity contribution in [1.29, 1.82) is 0 Å². The molecule has 0 fully saturated rings. The molecule has 0 aromatic heterocycles. The van der Waals surface area contributed by atoms with Gasteiger partial charge in [0, 0.05) is 0 Å². The molecule has 0 aliphatic carbocycles. The lowest BCUT2D eigenvalue weighted by Gasteiger charge is -2.19. The van der Waals surface area contributed by atoms with E-state index in [1.807, 2.05) is 0 Å². The molecule has 2 N–H and O–H groups in total. The largest absolute Gasteiger partial charge is 0.481 e. The number of rotatable bonds is 4. The summed E-state index contributed by atoms with van der Waals surface area (Å²) in [6.45, 7) is 5.92. The maximum atomic E-state index is 10.5. The number of aliphatic hydroxyl groups excluding tert-OH is 1. The molecule has 0 aromatic carbocycles. The van der Waals surface area contributed by atoms with Crippen LogP contribution in [0.5, 0.6) is 0 Å². The molecule has 0 heterocycles. The second kappa shape index (κ2) is 4.45. The van der Waals surface area contributed by atoms with Gasteiger partial charge < -0.3 is 10.2 Å². The maximum Gasteiger partial charge on any atom is 0.308 e. The lowest BCUT2D eigenvalue weighted by atomic mass is 9.87. The van der Waals surface area contributed by atoms with Gasteiger partial charge in [-0.15, -0.1) is 0 Å². The molecular formula is C9H18O3. The SMILES string of the molecule is CC(C)(C)CC[C@@H](CO)C(=O)O. The summed E-state index contributed by atoms with van der Waals surface area (Å²) in [4.78, 5) is 10.5. The van der Waals surface area contributed by atoms with E-state index in [0.717, 1.165) is 6.42 Å². The fraction of sp³-hybridized carbons (Fsp3) is 0.889. The second-order valence-electron chi connectivity index (χ2n) is 4.32. The summed E-state index contributed by atoms with van der Waals surface area (Å²) < 4.78 is 0. The van der Waals surface area contributed by atoms with Crippen molar-refractivity contribution in [2.45, 2.75) is 33.6 Å². The van der Waals surface area contributed by atoms with Crippen molar-refractivity contribution in [2.24, 2.45) is 11.3 Å². The molecule has 0 amide bonds. The Kier molecular flexibility index (Phi) is 4.24. The van der Waals surface area contributed by atoms with Crippen LogP contribution in [-0.4, -0.2) is 22.8 Å². The minimum Gasteiger partial charge on any atom is -0.481 e. The van der Waals surface area contributed by atoms with E-state index in [9.17, 15) is 4.79 Å². The molecule has 12 heavy (non-hydrogen) atoms. The second-order valence-corrected chi connectivity index (χ2v) is 4.32. The monoisotopic (exact) mass is 174 g/mol. The van der Waals surface area contributed by atoms with Gasteiger partial charge in [0.05, 0.1) is 12.5 Å². The van der Waals surface area contributed by atoms with Gasteiger partial charge in [-0.3, -0.25) is 4.79 Å². The van der Waals surface area contributed by atoms with Crippen molar-refractivity contribution in [2.75, 3.05) is 6.61 Å². The Balaban J connectivity index is 3.81. The van der Waals surface area contributed by atoms with Gasteiger partial charge >= 0.3 is 5.97 Å². The van der Waals surface area contributed by atoms with Gasteiger partial charge in [0.25, 0.3) is 0 Å². The summed E-state index contributed by atoms with van der Waals surface area (Å²) in [5.41, 5.74) is 0.142. The number of hydrogen-bond donors (Lipinski definition) is 2. The number of aliphatic carboxylic acids is 1. The van der Waals surface area contributed by atoms with E-state index in [4.69, 9.17) is 10.2 Å². The highest BCUT2D eigenvalue weighted by Crippen LogP contribution is 2.23.